The van der Waals surface area contributed by atoms with Crippen LogP contribution < -0.4 is 24.5 Å². The van der Waals surface area contributed by atoms with Crippen molar-refractivity contribution in [3.05, 3.63) is 156 Å². The quantitative estimate of drug-likeness (QED) is 0.108. The summed E-state index contributed by atoms with van der Waals surface area (Å²) in [5.74, 6) is 0.175. The topological polar surface area (TPSA) is 126 Å². The molecule has 0 spiro atoms. The van der Waals surface area contributed by atoms with Gasteiger partial charge in [0, 0.05) is 0 Å². The first-order valence-electron chi connectivity index (χ1n) is 15.4. The molecular weight excluding hydrogens is 641 g/mol. The van der Waals surface area contributed by atoms with Gasteiger partial charge in [-0.05, 0) is 84.3 Å². The van der Waals surface area contributed by atoms with Crippen LogP contribution in [-0.2, 0) is 21.4 Å². The van der Waals surface area contributed by atoms with Crippen molar-refractivity contribution < 1.29 is 27.5 Å². The molecule has 2 N–H and O–H groups in total. The fourth-order valence-electron chi connectivity index (χ4n) is 4.94. The van der Waals surface area contributed by atoms with Crippen molar-refractivity contribution in [2.24, 2.45) is 5.10 Å². The lowest BCUT2D eigenvalue weighted by molar-refractivity contribution is -0.123. The van der Waals surface area contributed by atoms with Gasteiger partial charge in [-0.1, -0.05) is 72.8 Å². The van der Waals surface area contributed by atoms with Crippen molar-refractivity contribution in [3.8, 4) is 11.5 Å². The molecule has 5 aromatic rings. The van der Waals surface area contributed by atoms with E-state index in [0.29, 0.717) is 17.1 Å². The van der Waals surface area contributed by atoms with Crippen molar-refractivity contribution in [1.82, 2.24) is 10.7 Å². The Morgan fingerprint density at radius 3 is 2.08 bits per heavy atom. The molecule has 0 aliphatic heterocycles. The number of rotatable bonds is 14. The van der Waals surface area contributed by atoms with Gasteiger partial charge in [0.15, 0.2) is 6.61 Å². The second-order valence-corrected chi connectivity index (χ2v) is 12.8. The van der Waals surface area contributed by atoms with E-state index < -0.39 is 15.9 Å². The minimum Gasteiger partial charge on any atom is -0.497 e. The minimum absolute atomic E-state index is 0.00903. The van der Waals surface area contributed by atoms with Crippen LogP contribution in [0.25, 0.3) is 0 Å². The second kappa shape index (κ2) is 16.2. The van der Waals surface area contributed by atoms with Crippen molar-refractivity contribution in [1.29, 1.82) is 0 Å². The number of benzene rings is 5. The fourth-order valence-corrected chi connectivity index (χ4v) is 6.41. The van der Waals surface area contributed by atoms with Crippen molar-refractivity contribution >= 4 is 33.7 Å². The van der Waals surface area contributed by atoms with E-state index in [0.717, 1.165) is 11.1 Å². The van der Waals surface area contributed by atoms with Crippen molar-refractivity contribution in [3.63, 3.8) is 0 Å². The molecule has 0 heterocycles. The summed E-state index contributed by atoms with van der Waals surface area (Å²) in [7, 11) is -2.60. The van der Waals surface area contributed by atoms with Crippen LogP contribution in [0, 0.1) is 0 Å². The Bertz CT molecular complexity index is 1990. The second-order valence-electron chi connectivity index (χ2n) is 10.9. The standard InChI is InChI=1S/C38H36N4O6S/c1-28(31-13-7-4-8-14-31)40-37(43)27-48-33-19-17-29(18-20-33)25-39-41-38(44)35-15-9-10-16-36(35)42(26-30-11-5-3-6-12-30)49(45,46)34-23-21-32(47-2)22-24-34/h3-25,28H,26-27H2,1-2H3,(H,40,43)(H,41,44)/b39-25-/t28-/m1/s1. The molecule has 2 amide bonds. The molecule has 49 heavy (non-hydrogen) atoms. The molecule has 5 aromatic carbocycles. The number of ether oxygens (including phenoxy) is 2. The first-order chi connectivity index (χ1) is 23.7. The summed E-state index contributed by atoms with van der Waals surface area (Å²) in [5, 5.41) is 7.00. The smallest absolute Gasteiger partial charge is 0.273 e. The summed E-state index contributed by atoms with van der Waals surface area (Å²) in [6.07, 6.45) is 1.45. The summed E-state index contributed by atoms with van der Waals surface area (Å²) in [4.78, 5) is 25.8. The van der Waals surface area contributed by atoms with Crippen LogP contribution in [-0.4, -0.2) is 40.2 Å². The van der Waals surface area contributed by atoms with E-state index in [9.17, 15) is 18.0 Å². The van der Waals surface area contributed by atoms with Gasteiger partial charge < -0.3 is 14.8 Å². The highest BCUT2D eigenvalue weighted by Gasteiger charge is 2.28. The molecule has 1 atom stereocenters. The predicted molar refractivity (Wildman–Crippen MR) is 189 cm³/mol. The van der Waals surface area contributed by atoms with Gasteiger partial charge in [0.25, 0.3) is 21.8 Å². The average Bonchev–Trinajstić information content (AvgIpc) is 3.14. The molecule has 0 saturated heterocycles. The Balaban J connectivity index is 1.26. The van der Waals surface area contributed by atoms with Gasteiger partial charge in [-0.2, -0.15) is 5.10 Å². The number of amides is 2. The lowest BCUT2D eigenvalue weighted by Gasteiger charge is -2.26. The zero-order valence-electron chi connectivity index (χ0n) is 27.0. The first-order valence-corrected chi connectivity index (χ1v) is 16.9. The Labute approximate surface area is 286 Å². The highest BCUT2D eigenvalue weighted by molar-refractivity contribution is 7.92. The molecule has 0 unspecified atom stereocenters. The van der Waals surface area contributed by atoms with Crippen LogP contribution in [0.15, 0.2) is 143 Å². The van der Waals surface area contributed by atoms with E-state index in [4.69, 9.17) is 9.47 Å². The maximum absolute atomic E-state index is 14.0. The third kappa shape index (κ3) is 9.11. The largest absolute Gasteiger partial charge is 0.497 e. The molecule has 5 rings (SSSR count). The zero-order chi connectivity index (χ0) is 34.6. The van der Waals surface area contributed by atoms with E-state index in [1.165, 1.54) is 29.8 Å². The number of carbonyl (C=O) groups excluding carboxylic acids is 2. The van der Waals surface area contributed by atoms with Gasteiger partial charge in [-0.25, -0.2) is 13.8 Å². The number of sulfonamides is 1. The highest BCUT2D eigenvalue weighted by atomic mass is 32.2. The van der Waals surface area contributed by atoms with Gasteiger partial charge in [-0.15, -0.1) is 0 Å². The number of para-hydroxylation sites is 1. The SMILES string of the molecule is COc1ccc(S(=O)(=O)N(Cc2ccccc2)c2ccccc2C(=O)N/N=C\c2ccc(OCC(=O)N[C@H](C)c3ccccc3)cc2)cc1. The summed E-state index contributed by atoms with van der Waals surface area (Å²) < 4.78 is 40.1. The molecular formula is C38H36N4O6S. The lowest BCUT2D eigenvalue weighted by atomic mass is 10.1. The Morgan fingerprint density at radius 2 is 1.41 bits per heavy atom. The number of nitrogens with one attached hydrogen (secondary N) is 2. The molecule has 0 radical (unpaired) electrons. The van der Waals surface area contributed by atoms with Crippen molar-refractivity contribution in [2.45, 2.75) is 24.4 Å². The van der Waals surface area contributed by atoms with Gasteiger partial charge in [0.2, 0.25) is 0 Å². The van der Waals surface area contributed by atoms with Gasteiger partial charge in [-0.3, -0.25) is 13.9 Å². The van der Waals surface area contributed by atoms with E-state index in [1.54, 1.807) is 60.7 Å². The molecule has 10 nitrogen and oxygen atoms in total. The monoisotopic (exact) mass is 676 g/mol. The number of nitrogens with zero attached hydrogens (tertiary/aromatic N) is 2. The summed E-state index contributed by atoms with van der Waals surface area (Å²) in [6.45, 7) is 1.75. The minimum atomic E-state index is -4.11. The Hall–Kier alpha value is -5.94. The van der Waals surface area contributed by atoms with Crippen LogP contribution in [0.3, 0.4) is 0 Å². The number of anilines is 1. The third-order valence-corrected chi connectivity index (χ3v) is 9.31. The van der Waals surface area contributed by atoms with E-state index in [2.05, 4.69) is 15.8 Å². The maximum atomic E-state index is 14.0. The molecule has 0 aromatic heterocycles. The van der Waals surface area contributed by atoms with Crippen LogP contribution in [0.1, 0.15) is 40.0 Å². The predicted octanol–water partition coefficient (Wildman–Crippen LogP) is 6.11. The molecule has 0 saturated carbocycles. The number of hydrazone groups is 1. The summed E-state index contributed by atoms with van der Waals surface area (Å²) in [5.41, 5.74) is 5.22. The fraction of sp³-hybridized carbons (Fsp3) is 0.132. The molecule has 0 fully saturated rings. The average molecular weight is 677 g/mol. The third-order valence-electron chi connectivity index (χ3n) is 7.54. The van der Waals surface area contributed by atoms with Gasteiger partial charge >= 0.3 is 0 Å². The Kier molecular flexibility index (Phi) is 11.4. The first kappa shape index (κ1) is 34.4. The van der Waals surface area contributed by atoms with Crippen LogP contribution >= 0.6 is 0 Å². The molecule has 0 bridgehead atoms. The molecule has 0 aliphatic carbocycles. The molecule has 11 heteroatoms. The Morgan fingerprint density at radius 1 is 0.796 bits per heavy atom. The van der Waals surface area contributed by atoms with Crippen molar-refractivity contribution in [2.75, 3.05) is 18.0 Å². The van der Waals surface area contributed by atoms with Gasteiger partial charge in [0.1, 0.15) is 11.5 Å². The number of methoxy groups -OCH3 is 1. The van der Waals surface area contributed by atoms with Crippen LogP contribution in [0.4, 0.5) is 5.69 Å². The number of hydrogen-bond acceptors (Lipinski definition) is 7. The molecule has 0 aliphatic rings. The highest BCUT2D eigenvalue weighted by Crippen LogP contribution is 2.30. The number of carbonyl (C=O) groups is 2. The molecule has 250 valence electrons. The maximum Gasteiger partial charge on any atom is 0.273 e. The van der Waals surface area contributed by atoms with Gasteiger partial charge in [0.05, 0.1) is 42.1 Å². The summed E-state index contributed by atoms with van der Waals surface area (Å²) in [6, 6.07) is 38.0. The number of hydrogen-bond donors (Lipinski definition) is 2. The van der Waals surface area contributed by atoms with Crippen LogP contribution in [0.2, 0.25) is 0 Å². The van der Waals surface area contributed by atoms with E-state index in [1.807, 2.05) is 67.6 Å². The summed E-state index contributed by atoms with van der Waals surface area (Å²) >= 11 is 0. The van der Waals surface area contributed by atoms with E-state index >= 15 is 0 Å². The lowest BCUT2D eigenvalue weighted by Crippen LogP contribution is -2.33. The zero-order valence-corrected chi connectivity index (χ0v) is 27.8. The van der Waals surface area contributed by atoms with E-state index in [-0.39, 0.29) is 41.2 Å². The normalized spacial score (nSPS) is 11.8. The van der Waals surface area contributed by atoms with Crippen LogP contribution in [0.5, 0.6) is 11.5 Å².